The Morgan fingerprint density at radius 1 is 1.28 bits per heavy atom. The average Bonchev–Trinajstić information content (AvgIpc) is 2.77. The van der Waals surface area contributed by atoms with Gasteiger partial charge in [0.15, 0.2) is 0 Å². The van der Waals surface area contributed by atoms with Crippen molar-refractivity contribution in [2.45, 2.75) is 13.5 Å². The Morgan fingerprint density at radius 2 is 1.94 bits per heavy atom. The van der Waals surface area contributed by atoms with Crippen molar-refractivity contribution in [1.29, 1.82) is 0 Å². The highest BCUT2D eigenvalue weighted by molar-refractivity contribution is 5.94. The van der Waals surface area contributed by atoms with Gasteiger partial charge in [-0.15, -0.1) is 0 Å². The van der Waals surface area contributed by atoms with Crippen molar-refractivity contribution < 1.29 is 13.6 Å². The van der Waals surface area contributed by atoms with Crippen LogP contribution in [0.2, 0.25) is 0 Å². The fourth-order valence-corrected chi connectivity index (χ4v) is 1.75. The molecule has 0 fully saturated rings. The van der Waals surface area contributed by atoms with Crippen LogP contribution in [0, 0.1) is 12.7 Å². The Bertz CT molecular complexity index is 545. The molecule has 94 valence electrons. The van der Waals surface area contributed by atoms with Crippen LogP contribution in [0.5, 0.6) is 0 Å². The number of rotatable bonds is 3. The minimum atomic E-state index is -0.279. The van der Waals surface area contributed by atoms with Crippen molar-refractivity contribution in [2.75, 3.05) is 7.05 Å². The Morgan fingerprint density at radius 3 is 2.50 bits per heavy atom. The number of furan rings is 1. The van der Waals surface area contributed by atoms with Gasteiger partial charge in [0.1, 0.15) is 11.6 Å². The van der Waals surface area contributed by atoms with Gasteiger partial charge in [0.05, 0.1) is 11.8 Å². The van der Waals surface area contributed by atoms with Gasteiger partial charge in [0, 0.05) is 13.6 Å². The number of halogens is 1. The molecule has 0 N–H and O–H groups in total. The van der Waals surface area contributed by atoms with Crippen LogP contribution >= 0.6 is 0 Å². The summed E-state index contributed by atoms with van der Waals surface area (Å²) in [6, 6.07) is 7.76. The van der Waals surface area contributed by atoms with Gasteiger partial charge in [-0.25, -0.2) is 4.39 Å². The highest BCUT2D eigenvalue weighted by atomic mass is 19.1. The van der Waals surface area contributed by atoms with Gasteiger partial charge in [-0.3, -0.25) is 4.79 Å². The second-order valence-electron chi connectivity index (χ2n) is 4.18. The summed E-state index contributed by atoms with van der Waals surface area (Å²) in [6.07, 6.45) is 1.49. The molecular weight excluding hydrogens is 233 g/mol. The van der Waals surface area contributed by atoms with Crippen molar-refractivity contribution in [3.05, 3.63) is 59.3 Å². The SMILES string of the molecule is Cc1occc1C(=O)N(C)Cc1ccc(F)cc1. The molecule has 0 radical (unpaired) electrons. The summed E-state index contributed by atoms with van der Waals surface area (Å²) in [5, 5.41) is 0. The summed E-state index contributed by atoms with van der Waals surface area (Å²) >= 11 is 0. The van der Waals surface area contributed by atoms with Crippen LogP contribution in [-0.4, -0.2) is 17.9 Å². The molecule has 2 rings (SSSR count). The molecule has 1 heterocycles. The van der Waals surface area contributed by atoms with Crippen LogP contribution < -0.4 is 0 Å². The number of benzene rings is 1. The third-order valence-electron chi connectivity index (χ3n) is 2.77. The van der Waals surface area contributed by atoms with Crippen LogP contribution in [0.1, 0.15) is 21.7 Å². The van der Waals surface area contributed by atoms with Gasteiger partial charge >= 0.3 is 0 Å². The first kappa shape index (κ1) is 12.4. The van der Waals surface area contributed by atoms with Crippen LogP contribution in [0.4, 0.5) is 4.39 Å². The molecule has 0 aliphatic carbocycles. The molecular formula is C14H14FNO2. The largest absolute Gasteiger partial charge is 0.469 e. The van der Waals surface area contributed by atoms with E-state index < -0.39 is 0 Å². The molecule has 1 aromatic heterocycles. The van der Waals surface area contributed by atoms with Crippen LogP contribution in [0.25, 0.3) is 0 Å². The van der Waals surface area contributed by atoms with Gasteiger partial charge in [0.25, 0.3) is 5.91 Å². The predicted octanol–water partition coefficient (Wildman–Crippen LogP) is 3.00. The first-order valence-corrected chi connectivity index (χ1v) is 5.62. The van der Waals surface area contributed by atoms with Gasteiger partial charge in [-0.1, -0.05) is 12.1 Å². The van der Waals surface area contributed by atoms with E-state index in [1.165, 1.54) is 18.4 Å². The summed E-state index contributed by atoms with van der Waals surface area (Å²) in [4.78, 5) is 13.7. The number of hydrogen-bond acceptors (Lipinski definition) is 2. The molecule has 4 heteroatoms. The molecule has 18 heavy (non-hydrogen) atoms. The lowest BCUT2D eigenvalue weighted by Crippen LogP contribution is -2.26. The topological polar surface area (TPSA) is 33.5 Å². The zero-order valence-corrected chi connectivity index (χ0v) is 10.3. The minimum Gasteiger partial charge on any atom is -0.469 e. The molecule has 0 aliphatic heterocycles. The molecule has 0 unspecified atom stereocenters. The van der Waals surface area contributed by atoms with Crippen molar-refractivity contribution >= 4 is 5.91 Å². The molecule has 0 bridgehead atoms. The average molecular weight is 247 g/mol. The monoisotopic (exact) mass is 247 g/mol. The maximum atomic E-state index is 12.8. The van der Waals surface area contributed by atoms with Crippen molar-refractivity contribution in [2.24, 2.45) is 0 Å². The molecule has 0 saturated carbocycles. The lowest BCUT2D eigenvalue weighted by molar-refractivity contribution is 0.0783. The number of aryl methyl sites for hydroxylation is 1. The molecule has 3 nitrogen and oxygen atoms in total. The summed E-state index contributed by atoms with van der Waals surface area (Å²) in [7, 11) is 1.71. The Hall–Kier alpha value is -2.10. The predicted molar refractivity (Wildman–Crippen MR) is 65.6 cm³/mol. The first-order chi connectivity index (χ1) is 8.58. The molecule has 2 aromatic rings. The van der Waals surface area contributed by atoms with E-state index in [4.69, 9.17) is 4.42 Å². The van der Waals surface area contributed by atoms with E-state index in [0.717, 1.165) is 5.56 Å². The number of hydrogen-bond donors (Lipinski definition) is 0. The third kappa shape index (κ3) is 2.59. The van der Waals surface area contributed by atoms with Crippen molar-refractivity contribution in [3.8, 4) is 0 Å². The Balaban J connectivity index is 2.08. The molecule has 0 saturated heterocycles. The smallest absolute Gasteiger partial charge is 0.257 e. The van der Waals surface area contributed by atoms with E-state index in [9.17, 15) is 9.18 Å². The van der Waals surface area contributed by atoms with E-state index in [1.54, 1.807) is 37.1 Å². The number of carbonyl (C=O) groups excluding carboxylic acids is 1. The second-order valence-corrected chi connectivity index (χ2v) is 4.18. The summed E-state index contributed by atoms with van der Waals surface area (Å²) in [5.74, 6) is 0.218. The minimum absolute atomic E-state index is 0.106. The summed E-state index contributed by atoms with van der Waals surface area (Å²) < 4.78 is 17.9. The van der Waals surface area contributed by atoms with E-state index in [2.05, 4.69) is 0 Å². The van der Waals surface area contributed by atoms with E-state index >= 15 is 0 Å². The number of amides is 1. The maximum Gasteiger partial charge on any atom is 0.257 e. The molecule has 1 amide bonds. The van der Waals surface area contributed by atoms with Crippen LogP contribution in [0.15, 0.2) is 41.0 Å². The lowest BCUT2D eigenvalue weighted by Gasteiger charge is -2.16. The second kappa shape index (κ2) is 5.04. The molecule has 0 aliphatic rings. The standard InChI is InChI=1S/C14H14FNO2/c1-10-13(7-8-18-10)14(17)16(2)9-11-3-5-12(15)6-4-11/h3-8H,9H2,1-2H3. The van der Waals surface area contributed by atoms with Crippen LogP contribution in [0.3, 0.4) is 0 Å². The van der Waals surface area contributed by atoms with Gasteiger partial charge in [-0.05, 0) is 30.7 Å². The van der Waals surface area contributed by atoms with Gasteiger partial charge < -0.3 is 9.32 Å². The fourth-order valence-electron chi connectivity index (χ4n) is 1.75. The number of nitrogens with zero attached hydrogens (tertiary/aromatic N) is 1. The van der Waals surface area contributed by atoms with Crippen molar-refractivity contribution in [3.63, 3.8) is 0 Å². The van der Waals surface area contributed by atoms with E-state index in [-0.39, 0.29) is 11.7 Å². The fraction of sp³-hybridized carbons (Fsp3) is 0.214. The highest BCUT2D eigenvalue weighted by Crippen LogP contribution is 2.13. The lowest BCUT2D eigenvalue weighted by atomic mass is 10.2. The maximum absolute atomic E-state index is 12.8. The summed E-state index contributed by atoms with van der Waals surface area (Å²) in [6.45, 7) is 2.18. The summed E-state index contributed by atoms with van der Waals surface area (Å²) in [5.41, 5.74) is 1.44. The Labute approximate surface area is 105 Å². The quantitative estimate of drug-likeness (QED) is 0.835. The van der Waals surface area contributed by atoms with E-state index in [0.29, 0.717) is 17.9 Å². The zero-order chi connectivity index (χ0) is 13.1. The van der Waals surface area contributed by atoms with Crippen molar-refractivity contribution in [1.82, 2.24) is 4.90 Å². The molecule has 1 aromatic carbocycles. The normalized spacial score (nSPS) is 10.4. The molecule has 0 atom stereocenters. The van der Waals surface area contributed by atoms with Gasteiger partial charge in [0.2, 0.25) is 0 Å². The van der Waals surface area contributed by atoms with Crippen LogP contribution in [-0.2, 0) is 6.54 Å². The van der Waals surface area contributed by atoms with E-state index in [1.807, 2.05) is 0 Å². The highest BCUT2D eigenvalue weighted by Gasteiger charge is 2.16. The first-order valence-electron chi connectivity index (χ1n) is 5.62. The zero-order valence-electron chi connectivity index (χ0n) is 10.3. The number of carbonyl (C=O) groups is 1. The molecule has 0 spiro atoms. The third-order valence-corrected chi connectivity index (χ3v) is 2.77. The van der Waals surface area contributed by atoms with Gasteiger partial charge in [-0.2, -0.15) is 0 Å². The Kier molecular flexibility index (Phi) is 3.46.